The number of unbranched alkanes of at least 4 members (excludes halogenated alkanes) is 2. The van der Waals surface area contributed by atoms with Gasteiger partial charge < -0.3 is 4.52 Å². The number of allylic oxidation sites excluding steroid dienone is 9. The van der Waals surface area contributed by atoms with Gasteiger partial charge in [0, 0.05) is 9.47 Å². The fourth-order valence-electron chi connectivity index (χ4n) is 1.79. The molecule has 1 nitrogen and oxygen atoms in total. The van der Waals surface area contributed by atoms with E-state index in [4.69, 9.17) is 4.52 Å². The van der Waals surface area contributed by atoms with Gasteiger partial charge in [0.2, 0.25) is 0 Å². The molecule has 2 unspecified atom stereocenters. The van der Waals surface area contributed by atoms with Crippen LogP contribution in [0.25, 0.3) is 0 Å². The topological polar surface area (TPSA) is 9.23 Å². The molecule has 0 amide bonds. The lowest BCUT2D eigenvalue weighted by Gasteiger charge is -2.04. The van der Waals surface area contributed by atoms with Gasteiger partial charge in [-0.3, -0.25) is 0 Å². The first-order chi connectivity index (χ1) is 10.8. The van der Waals surface area contributed by atoms with Crippen molar-refractivity contribution in [3.63, 3.8) is 0 Å². The Labute approximate surface area is 140 Å². The molecule has 0 rings (SSSR count). The second-order valence-electron chi connectivity index (χ2n) is 5.16. The Bertz CT molecular complexity index is 360. The summed E-state index contributed by atoms with van der Waals surface area (Å²) in [7, 11) is 2.32. The van der Waals surface area contributed by atoms with Crippen molar-refractivity contribution < 1.29 is 4.52 Å². The molecular weight excluding hydrogens is 287 g/mol. The predicted molar refractivity (Wildman–Crippen MR) is 104 cm³/mol. The van der Waals surface area contributed by atoms with E-state index >= 15 is 0 Å². The van der Waals surface area contributed by atoms with Crippen molar-refractivity contribution in [2.24, 2.45) is 0 Å². The third-order valence-electron chi connectivity index (χ3n) is 3.19. The van der Waals surface area contributed by atoms with E-state index in [-0.39, 0.29) is 6.10 Å². The van der Waals surface area contributed by atoms with Gasteiger partial charge in [-0.05, 0) is 32.1 Å². The summed E-state index contributed by atoms with van der Waals surface area (Å²) in [6.07, 6.45) is 29.8. The van der Waals surface area contributed by atoms with Crippen molar-refractivity contribution in [3.8, 4) is 0 Å². The van der Waals surface area contributed by atoms with Crippen molar-refractivity contribution in [1.82, 2.24) is 0 Å². The van der Waals surface area contributed by atoms with Crippen molar-refractivity contribution in [1.29, 1.82) is 0 Å². The van der Waals surface area contributed by atoms with E-state index in [1.54, 1.807) is 0 Å². The maximum absolute atomic E-state index is 5.20. The monoisotopic (exact) mass is 320 g/mol. The van der Waals surface area contributed by atoms with Crippen LogP contribution in [-0.4, -0.2) is 6.10 Å². The largest absolute Gasteiger partial charge is 0.358 e. The SMILES string of the molecule is CCCC/C=C\C/C=C\C/C=C\C=C\C/C=C/C(CC)OP. The van der Waals surface area contributed by atoms with Gasteiger partial charge in [0.1, 0.15) is 0 Å². The summed E-state index contributed by atoms with van der Waals surface area (Å²) in [5.74, 6) is 0. The molecule has 0 saturated heterocycles. The molecule has 0 aliphatic heterocycles. The van der Waals surface area contributed by atoms with E-state index in [1.807, 2.05) is 0 Å². The third kappa shape index (κ3) is 15.5. The molecule has 0 aromatic carbocycles. The van der Waals surface area contributed by atoms with E-state index in [0.29, 0.717) is 0 Å². The van der Waals surface area contributed by atoms with Gasteiger partial charge in [-0.15, -0.1) is 0 Å². The van der Waals surface area contributed by atoms with Gasteiger partial charge in [0.15, 0.2) is 0 Å². The fourth-order valence-corrected chi connectivity index (χ4v) is 2.07. The van der Waals surface area contributed by atoms with Crippen molar-refractivity contribution >= 4 is 9.47 Å². The van der Waals surface area contributed by atoms with Gasteiger partial charge in [0.05, 0.1) is 6.10 Å². The summed E-state index contributed by atoms with van der Waals surface area (Å²) in [5, 5.41) is 0. The van der Waals surface area contributed by atoms with E-state index in [1.165, 1.54) is 19.3 Å². The van der Waals surface area contributed by atoms with Crippen molar-refractivity contribution in [2.45, 2.75) is 64.9 Å². The highest BCUT2D eigenvalue weighted by atomic mass is 31.0. The minimum Gasteiger partial charge on any atom is -0.358 e. The number of hydrogen-bond acceptors (Lipinski definition) is 1. The highest BCUT2D eigenvalue weighted by Gasteiger charge is 1.95. The molecule has 0 spiro atoms. The molecule has 0 aliphatic carbocycles. The van der Waals surface area contributed by atoms with Crippen LogP contribution in [0.4, 0.5) is 0 Å². The van der Waals surface area contributed by atoms with Crippen molar-refractivity contribution in [3.05, 3.63) is 60.8 Å². The van der Waals surface area contributed by atoms with Gasteiger partial charge in [-0.25, -0.2) is 0 Å². The molecule has 124 valence electrons. The Morgan fingerprint density at radius 1 is 0.818 bits per heavy atom. The molecule has 0 fully saturated rings. The van der Waals surface area contributed by atoms with Crippen molar-refractivity contribution in [2.75, 3.05) is 0 Å². The zero-order chi connectivity index (χ0) is 16.3. The van der Waals surface area contributed by atoms with Crippen LogP contribution >= 0.6 is 9.47 Å². The maximum atomic E-state index is 5.20. The second kappa shape index (κ2) is 18.1. The number of hydrogen-bond donors (Lipinski definition) is 0. The third-order valence-corrected chi connectivity index (χ3v) is 3.53. The van der Waals surface area contributed by atoms with Gasteiger partial charge in [-0.2, -0.15) is 0 Å². The summed E-state index contributed by atoms with van der Waals surface area (Å²) >= 11 is 0. The lowest BCUT2D eigenvalue weighted by molar-refractivity contribution is 0.289. The summed E-state index contributed by atoms with van der Waals surface area (Å²) < 4.78 is 5.20. The summed E-state index contributed by atoms with van der Waals surface area (Å²) in [4.78, 5) is 0. The summed E-state index contributed by atoms with van der Waals surface area (Å²) in [5.41, 5.74) is 0. The van der Waals surface area contributed by atoms with Gasteiger partial charge in [0.25, 0.3) is 0 Å². The Balaban J connectivity index is 3.61. The zero-order valence-corrected chi connectivity index (χ0v) is 15.4. The average Bonchev–Trinajstić information content (AvgIpc) is 2.55. The minimum atomic E-state index is 0.218. The molecule has 0 saturated carbocycles. The van der Waals surface area contributed by atoms with E-state index < -0.39 is 0 Å². The Morgan fingerprint density at radius 2 is 1.41 bits per heavy atom. The molecule has 0 aromatic rings. The molecule has 0 bridgehead atoms. The molecule has 22 heavy (non-hydrogen) atoms. The molecular formula is C20H33OP. The lowest BCUT2D eigenvalue weighted by Crippen LogP contribution is -1.99. The smallest absolute Gasteiger partial charge is 0.0789 e. The average molecular weight is 320 g/mol. The van der Waals surface area contributed by atoms with Crippen LogP contribution < -0.4 is 0 Å². The Morgan fingerprint density at radius 3 is 2.00 bits per heavy atom. The second-order valence-corrected chi connectivity index (χ2v) is 5.43. The van der Waals surface area contributed by atoms with Crippen LogP contribution in [0.5, 0.6) is 0 Å². The first-order valence-corrected chi connectivity index (χ1v) is 8.96. The van der Waals surface area contributed by atoms with Crippen LogP contribution in [0.3, 0.4) is 0 Å². The molecule has 2 heteroatoms. The first-order valence-electron chi connectivity index (χ1n) is 8.48. The zero-order valence-electron chi connectivity index (χ0n) is 14.3. The quantitative estimate of drug-likeness (QED) is 0.158. The maximum Gasteiger partial charge on any atom is 0.0789 e. The van der Waals surface area contributed by atoms with E-state index in [9.17, 15) is 0 Å². The molecule has 0 heterocycles. The Hall–Kier alpha value is -0.910. The van der Waals surface area contributed by atoms with Gasteiger partial charge in [-0.1, -0.05) is 87.4 Å². The van der Waals surface area contributed by atoms with Gasteiger partial charge >= 0.3 is 0 Å². The highest BCUT2D eigenvalue weighted by molar-refractivity contribution is 7.09. The van der Waals surface area contributed by atoms with Crippen LogP contribution in [0.1, 0.15) is 58.8 Å². The van der Waals surface area contributed by atoms with E-state index in [2.05, 4.69) is 84.1 Å². The normalized spacial score (nSPS) is 14.5. The summed E-state index contributed by atoms with van der Waals surface area (Å²) in [6.45, 7) is 4.34. The fraction of sp³-hybridized carbons (Fsp3) is 0.500. The molecule has 0 radical (unpaired) electrons. The number of rotatable bonds is 13. The molecule has 0 aliphatic rings. The minimum absolute atomic E-state index is 0.218. The van der Waals surface area contributed by atoms with Crippen LogP contribution in [0, 0.1) is 0 Å². The standard InChI is InChI=1S/C20H33OP/c1-3-5-6-7-8-9-10-11-12-13-14-15-16-17-18-19-20(4-2)21-22/h7-8,10-11,13-16,18-20H,3-6,9,12,17,22H2,1-2H3/b8-7-,11-10-,14-13-,16-15+,19-18+. The summed E-state index contributed by atoms with van der Waals surface area (Å²) in [6, 6.07) is 0. The van der Waals surface area contributed by atoms with E-state index in [0.717, 1.165) is 25.7 Å². The predicted octanol–water partition coefficient (Wildman–Crippen LogP) is 6.71. The van der Waals surface area contributed by atoms with Crippen LogP contribution in [-0.2, 0) is 4.52 Å². The molecule has 0 N–H and O–H groups in total. The highest BCUT2D eigenvalue weighted by Crippen LogP contribution is 2.04. The molecule has 0 aromatic heterocycles. The lowest BCUT2D eigenvalue weighted by atomic mass is 10.2. The molecule has 2 atom stereocenters. The first kappa shape index (κ1) is 21.1. The van der Waals surface area contributed by atoms with Crippen LogP contribution in [0.15, 0.2) is 60.8 Å². The van der Waals surface area contributed by atoms with Crippen LogP contribution in [0.2, 0.25) is 0 Å². The Kier molecular flexibility index (Phi) is 17.4.